The molecule has 3 aromatic rings. The summed E-state index contributed by atoms with van der Waals surface area (Å²) in [5.74, 6) is 1.32. The van der Waals surface area contributed by atoms with Gasteiger partial charge in [-0.1, -0.05) is 45.0 Å². The van der Waals surface area contributed by atoms with Gasteiger partial charge in [-0.3, -0.25) is 9.78 Å². The minimum absolute atomic E-state index is 0.136. The van der Waals surface area contributed by atoms with Gasteiger partial charge < -0.3 is 9.47 Å². The lowest BCUT2D eigenvalue weighted by molar-refractivity contribution is 0.0955. The van der Waals surface area contributed by atoms with Crippen LogP contribution in [0, 0.1) is 0 Å². The fraction of sp³-hybridized carbons (Fsp3) is 0.269. The number of pyridine rings is 1. The molecule has 0 atom stereocenters. The molecule has 1 aromatic heterocycles. The highest BCUT2D eigenvalue weighted by molar-refractivity contribution is 5.94. The Labute approximate surface area is 189 Å². The minimum atomic E-state index is -0.288. The maximum atomic E-state index is 12.0. The highest BCUT2D eigenvalue weighted by atomic mass is 16.5. The number of hydrazone groups is 1. The van der Waals surface area contributed by atoms with E-state index in [9.17, 15) is 4.79 Å². The summed E-state index contributed by atoms with van der Waals surface area (Å²) in [7, 11) is 0. The van der Waals surface area contributed by atoms with Crippen molar-refractivity contribution < 1.29 is 14.3 Å². The summed E-state index contributed by atoms with van der Waals surface area (Å²) >= 11 is 0. The Bertz CT molecular complexity index is 1030. The lowest BCUT2D eigenvalue weighted by Gasteiger charge is -2.19. The minimum Gasteiger partial charge on any atom is -0.493 e. The number of rotatable bonds is 9. The molecule has 0 spiro atoms. The molecule has 0 aliphatic heterocycles. The quantitative estimate of drug-likeness (QED) is 0.294. The molecule has 6 heteroatoms. The first-order valence-electron chi connectivity index (χ1n) is 10.6. The molecule has 0 unspecified atom stereocenters. The van der Waals surface area contributed by atoms with Crippen LogP contribution in [-0.2, 0) is 5.41 Å². The number of nitrogens with one attached hydrogen (secondary N) is 1. The van der Waals surface area contributed by atoms with Crippen molar-refractivity contribution in [2.75, 3.05) is 13.2 Å². The fourth-order valence-corrected chi connectivity index (χ4v) is 2.91. The van der Waals surface area contributed by atoms with Crippen LogP contribution < -0.4 is 14.9 Å². The standard InChI is InChI=1S/C26H29N3O3/c1-26(2,3)22-8-10-23(11-9-22)31-16-5-17-32-24-7-4-6-20(18-24)19-28-29-25(30)21-12-14-27-15-13-21/h4,6-15,18-19H,5,16-17H2,1-3H3,(H,29,30). The molecular formula is C26H29N3O3. The molecule has 0 fully saturated rings. The topological polar surface area (TPSA) is 72.8 Å². The van der Waals surface area contributed by atoms with Crippen LogP contribution in [0.25, 0.3) is 0 Å². The van der Waals surface area contributed by atoms with E-state index in [0.29, 0.717) is 18.8 Å². The average molecular weight is 432 g/mol. The number of hydrogen-bond acceptors (Lipinski definition) is 5. The van der Waals surface area contributed by atoms with Gasteiger partial charge >= 0.3 is 0 Å². The third-order valence-electron chi connectivity index (χ3n) is 4.73. The molecule has 0 aliphatic carbocycles. The van der Waals surface area contributed by atoms with Crippen LogP contribution in [0.3, 0.4) is 0 Å². The van der Waals surface area contributed by atoms with Crippen LogP contribution in [0.2, 0.25) is 0 Å². The van der Waals surface area contributed by atoms with E-state index in [2.05, 4.69) is 48.4 Å². The molecule has 6 nitrogen and oxygen atoms in total. The number of amides is 1. The first-order chi connectivity index (χ1) is 15.4. The second kappa shape index (κ2) is 11.1. The summed E-state index contributed by atoms with van der Waals surface area (Å²) in [6.45, 7) is 7.70. The Hall–Kier alpha value is -3.67. The Balaban J connectivity index is 1.40. The van der Waals surface area contributed by atoms with Crippen LogP contribution >= 0.6 is 0 Å². The number of carbonyl (C=O) groups excluding carboxylic acids is 1. The molecule has 0 bridgehead atoms. The van der Waals surface area contributed by atoms with Gasteiger partial charge in [0.25, 0.3) is 5.91 Å². The van der Waals surface area contributed by atoms with Gasteiger partial charge in [0.2, 0.25) is 0 Å². The molecule has 1 N–H and O–H groups in total. The van der Waals surface area contributed by atoms with E-state index in [1.807, 2.05) is 36.4 Å². The largest absolute Gasteiger partial charge is 0.493 e. The zero-order valence-corrected chi connectivity index (χ0v) is 18.7. The molecule has 2 aromatic carbocycles. The molecule has 0 radical (unpaired) electrons. The summed E-state index contributed by atoms with van der Waals surface area (Å²) in [5.41, 5.74) is 5.25. The number of carbonyl (C=O) groups is 1. The maximum Gasteiger partial charge on any atom is 0.271 e. The van der Waals surface area contributed by atoms with Crippen molar-refractivity contribution in [1.29, 1.82) is 0 Å². The Kier molecular flexibility index (Phi) is 7.97. The zero-order chi connectivity index (χ0) is 22.8. The second-order valence-electron chi connectivity index (χ2n) is 8.33. The molecule has 0 saturated carbocycles. The average Bonchev–Trinajstić information content (AvgIpc) is 2.79. The third-order valence-corrected chi connectivity index (χ3v) is 4.73. The highest BCUT2D eigenvalue weighted by Crippen LogP contribution is 2.24. The van der Waals surface area contributed by atoms with Crippen molar-refractivity contribution in [2.45, 2.75) is 32.6 Å². The first-order valence-corrected chi connectivity index (χ1v) is 10.6. The van der Waals surface area contributed by atoms with E-state index in [4.69, 9.17) is 9.47 Å². The van der Waals surface area contributed by atoms with Crippen LogP contribution in [0.4, 0.5) is 0 Å². The first kappa shape index (κ1) is 23.0. The van der Waals surface area contributed by atoms with E-state index in [-0.39, 0.29) is 11.3 Å². The van der Waals surface area contributed by atoms with Gasteiger partial charge in [-0.2, -0.15) is 5.10 Å². The molecular weight excluding hydrogens is 402 g/mol. The summed E-state index contributed by atoms with van der Waals surface area (Å²) < 4.78 is 11.6. The summed E-state index contributed by atoms with van der Waals surface area (Å²) in [4.78, 5) is 15.9. The van der Waals surface area contributed by atoms with Crippen molar-refractivity contribution in [1.82, 2.24) is 10.4 Å². The van der Waals surface area contributed by atoms with Crippen LogP contribution in [0.1, 0.15) is 48.7 Å². The van der Waals surface area contributed by atoms with Crippen molar-refractivity contribution in [3.8, 4) is 11.5 Å². The van der Waals surface area contributed by atoms with Crippen molar-refractivity contribution in [2.24, 2.45) is 5.10 Å². The molecule has 3 rings (SSSR count). The number of aromatic nitrogens is 1. The van der Waals surface area contributed by atoms with Gasteiger partial charge in [-0.05, 0) is 52.9 Å². The normalized spacial score (nSPS) is 11.3. The van der Waals surface area contributed by atoms with Crippen LogP contribution in [-0.4, -0.2) is 30.3 Å². The summed E-state index contributed by atoms with van der Waals surface area (Å²) in [6, 6.07) is 19.0. The monoisotopic (exact) mass is 431 g/mol. The molecule has 0 saturated heterocycles. The molecule has 1 amide bonds. The SMILES string of the molecule is CC(C)(C)c1ccc(OCCCOc2cccc(C=NNC(=O)c3ccncc3)c2)cc1. The molecule has 32 heavy (non-hydrogen) atoms. The second-order valence-corrected chi connectivity index (χ2v) is 8.33. The zero-order valence-electron chi connectivity index (χ0n) is 18.7. The van der Waals surface area contributed by atoms with E-state index in [0.717, 1.165) is 23.5 Å². The van der Waals surface area contributed by atoms with Gasteiger partial charge in [0.15, 0.2) is 0 Å². The van der Waals surface area contributed by atoms with Crippen molar-refractivity contribution >= 4 is 12.1 Å². The fourth-order valence-electron chi connectivity index (χ4n) is 2.91. The predicted molar refractivity (Wildman–Crippen MR) is 126 cm³/mol. The van der Waals surface area contributed by atoms with E-state index < -0.39 is 0 Å². The summed E-state index contributed by atoms with van der Waals surface area (Å²) in [6.07, 6.45) is 5.47. The maximum absolute atomic E-state index is 12.0. The predicted octanol–water partition coefficient (Wildman–Crippen LogP) is 4.99. The smallest absolute Gasteiger partial charge is 0.271 e. The number of hydrogen-bond donors (Lipinski definition) is 1. The van der Waals surface area contributed by atoms with E-state index in [1.54, 1.807) is 30.7 Å². The number of ether oxygens (including phenoxy) is 2. The molecule has 0 aliphatic rings. The highest BCUT2D eigenvalue weighted by Gasteiger charge is 2.12. The lowest BCUT2D eigenvalue weighted by atomic mass is 9.87. The Morgan fingerprint density at radius 3 is 2.34 bits per heavy atom. The van der Waals surface area contributed by atoms with Crippen molar-refractivity contribution in [3.63, 3.8) is 0 Å². The lowest BCUT2D eigenvalue weighted by Crippen LogP contribution is -2.17. The molecule has 166 valence electrons. The van der Waals surface area contributed by atoms with Gasteiger partial charge in [0, 0.05) is 24.4 Å². The summed E-state index contributed by atoms with van der Waals surface area (Å²) in [5, 5.41) is 4.00. The number of benzene rings is 2. The third kappa shape index (κ3) is 7.23. The van der Waals surface area contributed by atoms with Crippen molar-refractivity contribution in [3.05, 3.63) is 89.7 Å². The van der Waals surface area contributed by atoms with E-state index in [1.165, 1.54) is 5.56 Å². The van der Waals surface area contributed by atoms with Gasteiger partial charge in [0.05, 0.1) is 19.4 Å². The Morgan fingerprint density at radius 1 is 0.969 bits per heavy atom. The van der Waals surface area contributed by atoms with E-state index >= 15 is 0 Å². The molecule has 1 heterocycles. The Morgan fingerprint density at radius 2 is 1.66 bits per heavy atom. The van der Waals surface area contributed by atoms with Crippen LogP contribution in [0.5, 0.6) is 11.5 Å². The number of nitrogens with zero attached hydrogens (tertiary/aromatic N) is 2. The van der Waals surface area contributed by atoms with Gasteiger partial charge in [-0.25, -0.2) is 5.43 Å². The van der Waals surface area contributed by atoms with Gasteiger partial charge in [-0.15, -0.1) is 0 Å². The van der Waals surface area contributed by atoms with Gasteiger partial charge in [0.1, 0.15) is 11.5 Å². The van der Waals surface area contributed by atoms with Crippen LogP contribution in [0.15, 0.2) is 78.2 Å².